The van der Waals surface area contributed by atoms with Crippen LogP contribution in [0.1, 0.15) is 16.8 Å². The number of ether oxygens (including phenoxy) is 1. The quantitative estimate of drug-likeness (QED) is 0.501. The molecule has 0 radical (unpaired) electrons. The molecule has 7 heteroatoms. The fourth-order valence-electron chi connectivity index (χ4n) is 3.21. The normalized spacial score (nSPS) is 11.4. The van der Waals surface area contributed by atoms with Gasteiger partial charge in [0.25, 0.3) is 5.56 Å². The fraction of sp³-hybridized carbons (Fsp3) is 0.0870. The van der Waals surface area contributed by atoms with Crippen LogP contribution in [0.25, 0.3) is 5.65 Å². The summed E-state index contributed by atoms with van der Waals surface area (Å²) in [6.45, 7) is -0.269. The van der Waals surface area contributed by atoms with Crippen LogP contribution in [0.5, 0.6) is 0 Å². The molecule has 4 aromatic rings. The first-order chi connectivity index (χ1) is 14.5. The molecule has 2 aromatic carbocycles. The first-order valence-corrected chi connectivity index (χ1v) is 9.55. The average molecular weight is 421 g/mol. The van der Waals surface area contributed by atoms with Crippen LogP contribution >= 0.6 is 11.6 Å². The molecule has 0 aliphatic rings. The lowest BCUT2D eigenvalue weighted by Gasteiger charge is -2.27. The van der Waals surface area contributed by atoms with Gasteiger partial charge in [0.15, 0.2) is 0 Å². The van der Waals surface area contributed by atoms with Gasteiger partial charge in [0.05, 0.1) is 10.7 Å². The van der Waals surface area contributed by atoms with Crippen molar-refractivity contribution >= 4 is 23.2 Å². The Bertz CT molecular complexity index is 1220. The molecule has 2 aromatic heterocycles. The van der Waals surface area contributed by atoms with Crippen molar-refractivity contribution in [2.75, 3.05) is 0 Å². The van der Waals surface area contributed by atoms with Crippen LogP contribution in [0.3, 0.4) is 0 Å². The molecule has 2 heterocycles. The summed E-state index contributed by atoms with van der Waals surface area (Å²) in [5, 5.41) is 11.8. The molecule has 1 N–H and O–H groups in total. The van der Waals surface area contributed by atoms with Crippen molar-refractivity contribution in [2.24, 2.45) is 0 Å². The summed E-state index contributed by atoms with van der Waals surface area (Å²) in [7, 11) is 0. The maximum Gasteiger partial charge on any atom is 0.348 e. The Balaban J connectivity index is 1.65. The third-order valence-electron chi connectivity index (χ3n) is 4.71. The van der Waals surface area contributed by atoms with E-state index in [0.29, 0.717) is 21.8 Å². The van der Waals surface area contributed by atoms with E-state index in [1.807, 2.05) is 0 Å². The Morgan fingerprint density at radius 3 is 2.20 bits per heavy atom. The molecule has 0 spiro atoms. The third-order valence-corrected chi connectivity index (χ3v) is 4.93. The number of rotatable bonds is 5. The Morgan fingerprint density at radius 1 is 1.00 bits per heavy atom. The minimum absolute atomic E-state index is 0.263. The number of hydrogen-bond acceptors (Lipinski definition) is 5. The number of benzene rings is 2. The van der Waals surface area contributed by atoms with E-state index in [1.54, 1.807) is 72.8 Å². The number of fused-ring (bicyclic) bond motifs is 1. The van der Waals surface area contributed by atoms with Gasteiger partial charge >= 0.3 is 5.97 Å². The fourth-order valence-corrected chi connectivity index (χ4v) is 3.37. The molecule has 0 saturated heterocycles. The van der Waals surface area contributed by atoms with Crippen LogP contribution in [0, 0.1) is 0 Å². The topological polar surface area (TPSA) is 80.9 Å². The van der Waals surface area contributed by atoms with Gasteiger partial charge in [-0.3, -0.25) is 9.20 Å². The molecule has 0 saturated carbocycles. The van der Waals surface area contributed by atoms with Crippen LogP contribution in [-0.4, -0.2) is 20.5 Å². The van der Waals surface area contributed by atoms with Crippen LogP contribution in [-0.2, 0) is 21.7 Å². The number of pyridine rings is 1. The van der Waals surface area contributed by atoms with Gasteiger partial charge in [-0.15, -0.1) is 0 Å². The minimum Gasteiger partial charge on any atom is -0.457 e. The smallest absolute Gasteiger partial charge is 0.348 e. The zero-order valence-corrected chi connectivity index (χ0v) is 16.5. The molecule has 150 valence electrons. The molecule has 0 fully saturated rings. The first kappa shape index (κ1) is 19.8. The molecule has 0 aliphatic carbocycles. The number of aliphatic hydroxyl groups is 1. The van der Waals surface area contributed by atoms with Gasteiger partial charge in [-0.05, 0) is 23.3 Å². The van der Waals surface area contributed by atoms with Crippen molar-refractivity contribution in [3.8, 4) is 0 Å². The number of esters is 1. The lowest BCUT2D eigenvalue weighted by atomic mass is 9.86. The van der Waals surface area contributed by atoms with Gasteiger partial charge in [0, 0.05) is 12.3 Å². The Kier molecular flexibility index (Phi) is 5.35. The van der Waals surface area contributed by atoms with Gasteiger partial charge < -0.3 is 9.84 Å². The molecule has 30 heavy (non-hydrogen) atoms. The number of halogens is 1. The second-order valence-corrected chi connectivity index (χ2v) is 7.12. The van der Waals surface area contributed by atoms with E-state index in [9.17, 15) is 14.7 Å². The van der Waals surface area contributed by atoms with E-state index in [-0.39, 0.29) is 17.9 Å². The highest BCUT2D eigenvalue weighted by Gasteiger charge is 2.41. The summed E-state index contributed by atoms with van der Waals surface area (Å²) in [5.41, 5.74) is -0.958. The second kappa shape index (κ2) is 8.10. The molecule has 0 atom stereocenters. The number of nitrogens with zero attached hydrogens (tertiary/aromatic N) is 2. The van der Waals surface area contributed by atoms with Crippen LogP contribution < -0.4 is 5.56 Å². The lowest BCUT2D eigenvalue weighted by Crippen LogP contribution is -2.38. The van der Waals surface area contributed by atoms with Gasteiger partial charge in [-0.1, -0.05) is 72.3 Å². The maximum atomic E-state index is 13.0. The highest BCUT2D eigenvalue weighted by atomic mass is 35.5. The van der Waals surface area contributed by atoms with E-state index < -0.39 is 11.6 Å². The number of carbonyl (C=O) groups excluding carboxylic acids is 1. The Morgan fingerprint density at radius 2 is 1.60 bits per heavy atom. The zero-order valence-electron chi connectivity index (χ0n) is 15.7. The van der Waals surface area contributed by atoms with Gasteiger partial charge in [-0.25, -0.2) is 9.78 Å². The highest BCUT2D eigenvalue weighted by molar-refractivity contribution is 6.30. The molecular formula is C23H17ClN2O4. The standard InChI is InChI=1S/C23H17ClN2O4/c24-18-11-12-20-25-19(13-21(27)26(20)14-18)15-30-22(28)23(29,16-7-3-1-4-8-16)17-9-5-2-6-10-17/h1-14,29H,15H2. The monoisotopic (exact) mass is 420 g/mol. The lowest BCUT2D eigenvalue weighted by molar-refractivity contribution is -0.163. The third kappa shape index (κ3) is 3.70. The van der Waals surface area contributed by atoms with Crippen molar-refractivity contribution in [3.63, 3.8) is 0 Å². The number of carbonyl (C=O) groups is 1. The molecular weight excluding hydrogens is 404 g/mol. The minimum atomic E-state index is -2.00. The molecule has 0 bridgehead atoms. The van der Waals surface area contributed by atoms with E-state index in [0.717, 1.165) is 0 Å². The summed E-state index contributed by atoms with van der Waals surface area (Å²) in [4.78, 5) is 29.7. The number of aromatic nitrogens is 2. The summed E-state index contributed by atoms with van der Waals surface area (Å²) < 4.78 is 6.71. The van der Waals surface area contributed by atoms with Crippen molar-refractivity contribution < 1.29 is 14.6 Å². The van der Waals surface area contributed by atoms with Gasteiger partial charge in [-0.2, -0.15) is 0 Å². The van der Waals surface area contributed by atoms with Crippen molar-refractivity contribution in [1.82, 2.24) is 9.38 Å². The number of hydrogen-bond donors (Lipinski definition) is 1. The average Bonchev–Trinajstić information content (AvgIpc) is 2.78. The SMILES string of the molecule is O=C(OCc1cc(=O)n2cc(Cl)ccc2n1)C(O)(c1ccccc1)c1ccccc1. The van der Waals surface area contributed by atoms with E-state index >= 15 is 0 Å². The van der Waals surface area contributed by atoms with E-state index in [4.69, 9.17) is 16.3 Å². The summed E-state index contributed by atoms with van der Waals surface area (Å²) in [5.74, 6) is -0.863. The Hall–Kier alpha value is -3.48. The predicted molar refractivity (Wildman–Crippen MR) is 112 cm³/mol. The van der Waals surface area contributed by atoms with E-state index in [1.165, 1.54) is 16.7 Å². The molecule has 0 amide bonds. The summed E-state index contributed by atoms with van der Waals surface area (Å²) >= 11 is 5.92. The predicted octanol–water partition coefficient (Wildman–Crippen LogP) is 3.33. The maximum absolute atomic E-state index is 13.0. The highest BCUT2D eigenvalue weighted by Crippen LogP contribution is 2.31. The van der Waals surface area contributed by atoms with E-state index in [2.05, 4.69) is 4.98 Å². The summed E-state index contributed by atoms with van der Waals surface area (Å²) in [6, 6.07) is 21.6. The van der Waals surface area contributed by atoms with Gasteiger partial charge in [0.1, 0.15) is 12.3 Å². The Labute approximate surface area is 177 Å². The largest absolute Gasteiger partial charge is 0.457 e. The first-order valence-electron chi connectivity index (χ1n) is 9.17. The summed E-state index contributed by atoms with van der Waals surface area (Å²) in [6.07, 6.45) is 1.46. The van der Waals surface area contributed by atoms with Gasteiger partial charge in [0.2, 0.25) is 5.60 Å². The van der Waals surface area contributed by atoms with Crippen molar-refractivity contribution in [2.45, 2.75) is 12.2 Å². The van der Waals surface area contributed by atoms with Crippen LogP contribution in [0.15, 0.2) is 89.9 Å². The second-order valence-electron chi connectivity index (χ2n) is 6.68. The molecule has 0 unspecified atom stereocenters. The van der Waals surface area contributed by atoms with Crippen molar-refractivity contribution in [1.29, 1.82) is 0 Å². The zero-order chi connectivity index (χ0) is 21.1. The molecule has 4 rings (SSSR count). The molecule has 0 aliphatic heterocycles. The van der Waals surface area contributed by atoms with Crippen molar-refractivity contribution in [3.05, 3.63) is 117 Å². The van der Waals surface area contributed by atoms with Crippen LogP contribution in [0.4, 0.5) is 0 Å². The molecule has 6 nitrogen and oxygen atoms in total. The van der Waals surface area contributed by atoms with Crippen LogP contribution in [0.2, 0.25) is 5.02 Å².